The third-order valence-corrected chi connectivity index (χ3v) is 5.27. The Morgan fingerprint density at radius 3 is 2.67 bits per heavy atom. The van der Waals surface area contributed by atoms with Crippen molar-refractivity contribution in [3.63, 3.8) is 0 Å². The van der Waals surface area contributed by atoms with Crippen LogP contribution >= 0.6 is 11.8 Å². The zero-order valence-corrected chi connectivity index (χ0v) is 14.4. The first-order valence-corrected chi connectivity index (χ1v) is 9.58. The van der Waals surface area contributed by atoms with E-state index in [0.717, 1.165) is 48.9 Å². The molecule has 0 bridgehead atoms. The number of thioether (sulfide) groups is 1. The van der Waals surface area contributed by atoms with Gasteiger partial charge >= 0.3 is 0 Å². The molecule has 1 aromatic heterocycles. The number of hydrogen-bond donors (Lipinski definition) is 0. The Labute approximate surface area is 146 Å². The Bertz CT molecular complexity index is 674. The second-order valence-corrected chi connectivity index (χ2v) is 7.24. The van der Waals surface area contributed by atoms with Crippen LogP contribution in [0.15, 0.2) is 36.4 Å². The van der Waals surface area contributed by atoms with E-state index >= 15 is 0 Å². The molecule has 5 nitrogen and oxygen atoms in total. The summed E-state index contributed by atoms with van der Waals surface area (Å²) in [4.78, 5) is 2.31. The highest BCUT2D eigenvalue weighted by atomic mass is 32.2. The maximum Gasteiger partial charge on any atom is 0.161 e. The van der Waals surface area contributed by atoms with Crippen molar-refractivity contribution in [3.8, 4) is 11.5 Å². The highest BCUT2D eigenvalue weighted by Crippen LogP contribution is 2.31. The number of ether oxygens (including phenoxy) is 2. The van der Waals surface area contributed by atoms with Crippen LogP contribution in [0.2, 0.25) is 0 Å². The van der Waals surface area contributed by atoms with E-state index in [4.69, 9.17) is 9.47 Å². The van der Waals surface area contributed by atoms with E-state index in [1.54, 1.807) is 0 Å². The van der Waals surface area contributed by atoms with Gasteiger partial charge in [-0.1, -0.05) is 12.1 Å². The quantitative estimate of drug-likeness (QED) is 0.851. The first-order chi connectivity index (χ1) is 11.9. The van der Waals surface area contributed by atoms with Gasteiger partial charge < -0.3 is 14.4 Å². The summed E-state index contributed by atoms with van der Waals surface area (Å²) in [5.74, 6) is 4.99. The summed E-state index contributed by atoms with van der Waals surface area (Å²) in [6, 6.07) is 12.0. The van der Waals surface area contributed by atoms with Gasteiger partial charge in [-0.05, 0) is 37.1 Å². The smallest absolute Gasteiger partial charge is 0.161 e. The van der Waals surface area contributed by atoms with Gasteiger partial charge in [-0.25, -0.2) is 0 Å². The Morgan fingerprint density at radius 2 is 1.88 bits per heavy atom. The summed E-state index contributed by atoms with van der Waals surface area (Å²) in [5, 5.41) is 8.78. The monoisotopic (exact) mass is 343 g/mol. The maximum absolute atomic E-state index is 5.99. The lowest BCUT2D eigenvalue weighted by Gasteiger charge is -2.27. The molecule has 1 unspecified atom stereocenters. The van der Waals surface area contributed by atoms with Crippen LogP contribution in [0.3, 0.4) is 0 Å². The minimum Gasteiger partial charge on any atom is -0.486 e. The largest absolute Gasteiger partial charge is 0.486 e. The number of aryl methyl sites for hydroxylation is 1. The number of aromatic nitrogens is 2. The first-order valence-electron chi connectivity index (χ1n) is 8.42. The summed E-state index contributed by atoms with van der Waals surface area (Å²) in [5.41, 5.74) is 1.01. The molecule has 0 saturated carbocycles. The predicted molar refractivity (Wildman–Crippen MR) is 96.2 cm³/mol. The van der Waals surface area contributed by atoms with E-state index in [0.29, 0.717) is 6.61 Å². The van der Waals surface area contributed by atoms with Gasteiger partial charge in [0, 0.05) is 24.6 Å². The molecule has 1 aromatic carbocycles. The maximum atomic E-state index is 5.99. The topological polar surface area (TPSA) is 47.5 Å². The Kier molecular flexibility index (Phi) is 4.74. The fourth-order valence-corrected chi connectivity index (χ4v) is 3.86. The summed E-state index contributed by atoms with van der Waals surface area (Å²) in [6.45, 7) is 2.71. The second kappa shape index (κ2) is 7.30. The average molecular weight is 343 g/mol. The van der Waals surface area contributed by atoms with E-state index in [-0.39, 0.29) is 6.10 Å². The van der Waals surface area contributed by atoms with E-state index in [2.05, 4.69) is 27.2 Å². The Hall–Kier alpha value is -1.95. The molecule has 2 aromatic rings. The van der Waals surface area contributed by atoms with Crippen molar-refractivity contribution in [2.75, 3.05) is 36.1 Å². The first kappa shape index (κ1) is 15.6. The van der Waals surface area contributed by atoms with Crippen LogP contribution < -0.4 is 14.4 Å². The van der Waals surface area contributed by atoms with Crippen LogP contribution in [0.25, 0.3) is 0 Å². The van der Waals surface area contributed by atoms with Gasteiger partial charge in [-0.2, -0.15) is 16.9 Å². The van der Waals surface area contributed by atoms with Crippen LogP contribution in [0.4, 0.5) is 5.82 Å². The van der Waals surface area contributed by atoms with Crippen molar-refractivity contribution >= 4 is 17.6 Å². The molecule has 2 aliphatic heterocycles. The summed E-state index contributed by atoms with van der Waals surface area (Å²) < 4.78 is 11.7. The number of nitrogens with zero attached hydrogens (tertiary/aromatic N) is 3. The van der Waals surface area contributed by atoms with E-state index in [1.165, 1.54) is 11.5 Å². The summed E-state index contributed by atoms with van der Waals surface area (Å²) >= 11 is 2.00. The zero-order valence-electron chi connectivity index (χ0n) is 13.6. The molecule has 2 aliphatic rings. The SMILES string of the molecule is c1ccc2c(c1)OCC(CCc1ccc(N3CCSCC3)nn1)O2. The molecule has 0 aliphatic carbocycles. The fraction of sp³-hybridized carbons (Fsp3) is 0.444. The molecule has 3 heterocycles. The van der Waals surface area contributed by atoms with Crippen molar-refractivity contribution in [2.24, 2.45) is 0 Å². The van der Waals surface area contributed by atoms with Crippen molar-refractivity contribution in [1.82, 2.24) is 10.2 Å². The number of anilines is 1. The zero-order chi connectivity index (χ0) is 16.2. The van der Waals surface area contributed by atoms with Crippen molar-refractivity contribution in [3.05, 3.63) is 42.1 Å². The molecule has 0 amide bonds. The van der Waals surface area contributed by atoms with Gasteiger partial charge in [0.1, 0.15) is 12.7 Å². The minimum atomic E-state index is 0.0699. The highest BCUT2D eigenvalue weighted by molar-refractivity contribution is 7.99. The summed E-state index contributed by atoms with van der Waals surface area (Å²) in [7, 11) is 0. The molecule has 6 heteroatoms. The van der Waals surface area contributed by atoms with Crippen LogP contribution in [0.5, 0.6) is 11.5 Å². The van der Waals surface area contributed by atoms with E-state index in [1.807, 2.05) is 36.0 Å². The van der Waals surface area contributed by atoms with Gasteiger partial charge in [0.25, 0.3) is 0 Å². The van der Waals surface area contributed by atoms with Gasteiger partial charge in [0.15, 0.2) is 17.3 Å². The van der Waals surface area contributed by atoms with Crippen molar-refractivity contribution in [1.29, 1.82) is 0 Å². The molecule has 1 fully saturated rings. The molecule has 0 N–H and O–H groups in total. The normalized spacial score (nSPS) is 20.0. The van der Waals surface area contributed by atoms with Crippen molar-refractivity contribution in [2.45, 2.75) is 18.9 Å². The van der Waals surface area contributed by atoms with Gasteiger partial charge in [-0.15, -0.1) is 5.10 Å². The van der Waals surface area contributed by atoms with Crippen LogP contribution in [0, 0.1) is 0 Å². The number of rotatable bonds is 4. The summed E-state index contributed by atoms with van der Waals surface area (Å²) in [6.07, 6.45) is 1.79. The fourth-order valence-electron chi connectivity index (χ4n) is 2.96. The molecule has 0 spiro atoms. The molecular formula is C18H21N3O2S. The highest BCUT2D eigenvalue weighted by Gasteiger charge is 2.20. The molecule has 24 heavy (non-hydrogen) atoms. The molecule has 126 valence electrons. The van der Waals surface area contributed by atoms with Gasteiger partial charge in [0.2, 0.25) is 0 Å². The average Bonchev–Trinajstić information content (AvgIpc) is 2.67. The van der Waals surface area contributed by atoms with E-state index < -0.39 is 0 Å². The van der Waals surface area contributed by atoms with Crippen LogP contribution in [-0.2, 0) is 6.42 Å². The second-order valence-electron chi connectivity index (χ2n) is 6.02. The Balaban J connectivity index is 1.31. The molecule has 1 saturated heterocycles. The lowest BCUT2D eigenvalue weighted by atomic mass is 10.1. The van der Waals surface area contributed by atoms with E-state index in [9.17, 15) is 0 Å². The van der Waals surface area contributed by atoms with Gasteiger partial charge in [-0.3, -0.25) is 0 Å². The van der Waals surface area contributed by atoms with Gasteiger partial charge in [0.05, 0.1) is 5.69 Å². The third-order valence-electron chi connectivity index (χ3n) is 4.33. The standard InChI is InChI=1S/C18H21N3O2S/c1-2-4-17-16(3-1)22-13-15(23-17)7-5-14-6-8-18(20-19-14)21-9-11-24-12-10-21/h1-4,6,8,15H,5,7,9-13H2. The number of para-hydroxylation sites is 2. The van der Waals surface area contributed by atoms with Crippen LogP contribution in [0.1, 0.15) is 12.1 Å². The predicted octanol–water partition coefficient (Wildman–Crippen LogP) is 2.80. The Morgan fingerprint density at radius 1 is 1.04 bits per heavy atom. The van der Waals surface area contributed by atoms with Crippen LogP contribution in [-0.4, -0.2) is 47.5 Å². The lowest BCUT2D eigenvalue weighted by molar-refractivity contribution is 0.0849. The molecular weight excluding hydrogens is 322 g/mol. The lowest BCUT2D eigenvalue weighted by Crippen LogP contribution is -2.33. The molecule has 1 atom stereocenters. The molecule has 4 rings (SSSR count). The number of hydrogen-bond acceptors (Lipinski definition) is 6. The molecule has 0 radical (unpaired) electrons. The number of fused-ring (bicyclic) bond motifs is 1. The third kappa shape index (κ3) is 3.59. The van der Waals surface area contributed by atoms with Crippen molar-refractivity contribution < 1.29 is 9.47 Å². The minimum absolute atomic E-state index is 0.0699. The number of benzene rings is 1.